The molecule has 0 aliphatic carbocycles. The van der Waals surface area contributed by atoms with Crippen LogP contribution in [0, 0.1) is 0 Å². The van der Waals surface area contributed by atoms with Gasteiger partial charge in [0.25, 0.3) is 5.91 Å². The first-order valence-corrected chi connectivity index (χ1v) is 10.3. The minimum atomic E-state index is -0.212. The van der Waals surface area contributed by atoms with Gasteiger partial charge in [0.15, 0.2) is 11.5 Å². The van der Waals surface area contributed by atoms with Crippen molar-refractivity contribution < 1.29 is 19.0 Å². The Morgan fingerprint density at radius 3 is 2.43 bits per heavy atom. The van der Waals surface area contributed by atoms with E-state index in [9.17, 15) is 4.79 Å². The molecule has 0 bridgehead atoms. The summed E-state index contributed by atoms with van der Waals surface area (Å²) in [7, 11) is 4.61. The number of nitrogens with one attached hydrogen (secondary N) is 1. The van der Waals surface area contributed by atoms with E-state index in [0.717, 1.165) is 10.6 Å². The van der Waals surface area contributed by atoms with Crippen molar-refractivity contribution in [2.75, 3.05) is 26.6 Å². The fourth-order valence-corrected chi connectivity index (χ4v) is 4.21. The van der Waals surface area contributed by atoms with E-state index in [4.69, 9.17) is 14.2 Å². The molecule has 0 saturated carbocycles. The molecular weight excluding hydrogens is 396 g/mol. The molecule has 0 unspecified atom stereocenters. The number of carbonyl (C=O) groups is 1. The van der Waals surface area contributed by atoms with Gasteiger partial charge in [0, 0.05) is 33.8 Å². The Labute approximate surface area is 171 Å². The molecule has 28 heavy (non-hydrogen) atoms. The van der Waals surface area contributed by atoms with Crippen LogP contribution in [0.1, 0.15) is 16.1 Å². The van der Waals surface area contributed by atoms with Crippen molar-refractivity contribution in [2.45, 2.75) is 10.6 Å². The molecule has 0 aliphatic heterocycles. The second-order valence-corrected chi connectivity index (χ2v) is 7.37. The second kappa shape index (κ2) is 9.48. The van der Waals surface area contributed by atoms with Gasteiger partial charge in [0.05, 0.1) is 38.1 Å². The predicted molar refractivity (Wildman–Crippen MR) is 112 cm³/mol. The minimum Gasteiger partial charge on any atom is -0.493 e. The molecule has 0 spiro atoms. The fraction of sp³-hybridized carbons (Fsp3) is 0.200. The third kappa shape index (κ3) is 4.58. The number of thioether (sulfide) groups is 1. The number of hydrogen-bond donors (Lipinski definition) is 1. The summed E-state index contributed by atoms with van der Waals surface area (Å²) < 4.78 is 16.0. The van der Waals surface area contributed by atoms with E-state index in [1.807, 2.05) is 23.6 Å². The van der Waals surface area contributed by atoms with Gasteiger partial charge in [-0.05, 0) is 12.1 Å². The first kappa shape index (κ1) is 20.0. The van der Waals surface area contributed by atoms with Crippen molar-refractivity contribution >= 4 is 34.7 Å². The van der Waals surface area contributed by atoms with Crippen LogP contribution >= 0.6 is 23.1 Å². The van der Waals surface area contributed by atoms with Crippen LogP contribution in [-0.2, 0) is 5.75 Å². The first-order valence-electron chi connectivity index (χ1n) is 8.36. The van der Waals surface area contributed by atoms with Crippen molar-refractivity contribution in [1.82, 2.24) is 4.98 Å². The summed E-state index contributed by atoms with van der Waals surface area (Å²) in [6, 6.07) is 10.9. The van der Waals surface area contributed by atoms with Crippen molar-refractivity contribution in [3.63, 3.8) is 0 Å². The van der Waals surface area contributed by atoms with E-state index in [1.165, 1.54) is 21.3 Å². The maximum Gasteiger partial charge on any atom is 0.256 e. The number of aromatic nitrogens is 1. The number of anilines is 1. The Kier molecular flexibility index (Phi) is 6.78. The second-order valence-electron chi connectivity index (χ2n) is 5.63. The third-order valence-corrected chi connectivity index (χ3v) is 5.66. The number of nitrogens with zero attached hydrogens (tertiary/aromatic N) is 1. The zero-order valence-electron chi connectivity index (χ0n) is 15.7. The van der Waals surface area contributed by atoms with Gasteiger partial charge < -0.3 is 19.5 Å². The average Bonchev–Trinajstić information content (AvgIpc) is 3.25. The van der Waals surface area contributed by atoms with Crippen molar-refractivity contribution in [1.29, 1.82) is 0 Å². The van der Waals surface area contributed by atoms with Gasteiger partial charge in [-0.2, -0.15) is 0 Å². The summed E-state index contributed by atoms with van der Waals surface area (Å²) in [5.74, 6) is 1.92. The maximum absolute atomic E-state index is 12.9. The lowest BCUT2D eigenvalue weighted by atomic mass is 10.2. The van der Waals surface area contributed by atoms with E-state index in [2.05, 4.69) is 10.3 Å². The van der Waals surface area contributed by atoms with Gasteiger partial charge in [-0.3, -0.25) is 4.79 Å². The molecule has 1 aromatic heterocycles. The van der Waals surface area contributed by atoms with E-state index in [1.54, 1.807) is 46.8 Å². The molecule has 0 aliphatic rings. The van der Waals surface area contributed by atoms with Crippen LogP contribution in [0.15, 0.2) is 52.2 Å². The fourth-order valence-electron chi connectivity index (χ4n) is 2.59. The molecule has 3 aromatic rings. The lowest BCUT2D eigenvalue weighted by molar-refractivity contribution is 0.102. The Balaban J connectivity index is 1.81. The number of rotatable bonds is 8. The molecule has 1 N–H and O–H groups in total. The smallest absolute Gasteiger partial charge is 0.256 e. The number of thiazole rings is 1. The topological polar surface area (TPSA) is 69.7 Å². The van der Waals surface area contributed by atoms with Gasteiger partial charge >= 0.3 is 0 Å². The van der Waals surface area contributed by atoms with Crippen LogP contribution in [0.3, 0.4) is 0 Å². The van der Waals surface area contributed by atoms with E-state index >= 15 is 0 Å². The van der Waals surface area contributed by atoms with E-state index < -0.39 is 0 Å². The number of benzene rings is 2. The van der Waals surface area contributed by atoms with E-state index in [0.29, 0.717) is 34.3 Å². The summed E-state index contributed by atoms with van der Waals surface area (Å²) in [6.45, 7) is 0. The monoisotopic (exact) mass is 416 g/mol. The summed E-state index contributed by atoms with van der Waals surface area (Å²) in [4.78, 5) is 18.1. The van der Waals surface area contributed by atoms with Crippen LogP contribution in [0.2, 0.25) is 0 Å². The quantitative estimate of drug-likeness (QED) is 0.536. The van der Waals surface area contributed by atoms with Crippen LogP contribution in [-0.4, -0.2) is 32.2 Å². The van der Waals surface area contributed by atoms with Crippen LogP contribution in [0.4, 0.5) is 5.69 Å². The molecule has 8 heteroatoms. The number of hydrogen-bond acceptors (Lipinski definition) is 7. The standard InChI is InChI=1S/C20H20N2O4S2/c1-24-16-8-13(9-17(25-2)19(16)26-3)22-20(23)15-6-4-5-7-18(15)28-11-14-10-27-12-21-14/h4-10,12H,11H2,1-3H3,(H,22,23). The van der Waals surface area contributed by atoms with Crippen molar-refractivity contribution in [3.8, 4) is 17.2 Å². The SMILES string of the molecule is COc1cc(NC(=O)c2ccccc2SCc2cscn2)cc(OC)c1OC. The summed E-state index contributed by atoms with van der Waals surface area (Å²) in [5, 5.41) is 4.92. The van der Waals surface area contributed by atoms with Crippen LogP contribution in [0.5, 0.6) is 17.2 Å². The number of amides is 1. The zero-order valence-corrected chi connectivity index (χ0v) is 17.4. The molecule has 0 atom stereocenters. The van der Waals surface area contributed by atoms with Gasteiger partial charge in [-0.15, -0.1) is 23.1 Å². The zero-order chi connectivity index (χ0) is 19.9. The van der Waals surface area contributed by atoms with Gasteiger partial charge in [-0.1, -0.05) is 12.1 Å². The highest BCUT2D eigenvalue weighted by atomic mass is 32.2. The summed E-state index contributed by atoms with van der Waals surface area (Å²) in [6.07, 6.45) is 0. The predicted octanol–water partition coefficient (Wildman–Crippen LogP) is 4.71. The Morgan fingerprint density at radius 2 is 1.82 bits per heavy atom. The molecular formula is C20H20N2O4S2. The normalized spacial score (nSPS) is 10.4. The molecule has 0 fully saturated rings. The maximum atomic E-state index is 12.9. The largest absolute Gasteiger partial charge is 0.493 e. The molecule has 1 heterocycles. The van der Waals surface area contributed by atoms with Gasteiger partial charge in [-0.25, -0.2) is 4.98 Å². The lowest BCUT2D eigenvalue weighted by Crippen LogP contribution is -2.13. The first-order chi connectivity index (χ1) is 13.7. The Morgan fingerprint density at radius 1 is 1.11 bits per heavy atom. The van der Waals surface area contributed by atoms with Crippen LogP contribution < -0.4 is 19.5 Å². The van der Waals surface area contributed by atoms with Crippen LogP contribution in [0.25, 0.3) is 0 Å². The van der Waals surface area contributed by atoms with Crippen molar-refractivity contribution in [3.05, 3.63) is 58.5 Å². The molecule has 3 rings (SSSR count). The minimum absolute atomic E-state index is 0.212. The molecule has 1 amide bonds. The molecule has 146 valence electrons. The molecule has 2 aromatic carbocycles. The number of ether oxygens (including phenoxy) is 3. The van der Waals surface area contributed by atoms with Crippen molar-refractivity contribution in [2.24, 2.45) is 0 Å². The number of methoxy groups -OCH3 is 3. The Bertz CT molecular complexity index is 920. The number of carbonyl (C=O) groups excluding carboxylic acids is 1. The summed E-state index contributed by atoms with van der Waals surface area (Å²) >= 11 is 3.14. The molecule has 0 radical (unpaired) electrons. The summed E-state index contributed by atoms with van der Waals surface area (Å²) in [5.41, 5.74) is 3.95. The third-order valence-electron chi connectivity index (χ3n) is 3.91. The highest BCUT2D eigenvalue weighted by Gasteiger charge is 2.17. The molecule has 6 nitrogen and oxygen atoms in total. The Hall–Kier alpha value is -2.71. The average molecular weight is 417 g/mol. The lowest BCUT2D eigenvalue weighted by Gasteiger charge is -2.15. The highest BCUT2D eigenvalue weighted by molar-refractivity contribution is 7.98. The van der Waals surface area contributed by atoms with Gasteiger partial charge in [0.1, 0.15) is 0 Å². The van der Waals surface area contributed by atoms with E-state index in [-0.39, 0.29) is 5.91 Å². The van der Waals surface area contributed by atoms with Gasteiger partial charge in [0.2, 0.25) is 5.75 Å². The highest BCUT2D eigenvalue weighted by Crippen LogP contribution is 2.40. The molecule has 0 saturated heterocycles.